The molecule has 0 radical (unpaired) electrons. The van der Waals surface area contributed by atoms with Gasteiger partial charge in [-0.05, 0) is 39.3 Å². The number of ether oxygens (including phenoxy) is 1. The lowest BCUT2D eigenvalue weighted by atomic mass is 10.0. The highest BCUT2D eigenvalue weighted by Crippen LogP contribution is 2.20. The van der Waals surface area contributed by atoms with Crippen LogP contribution < -0.4 is 4.72 Å². The maximum absolute atomic E-state index is 13.5. The molecule has 5 nitrogen and oxygen atoms in total. The Morgan fingerprint density at radius 3 is 2.62 bits per heavy atom. The smallest absolute Gasteiger partial charge is 0.242 e. The summed E-state index contributed by atoms with van der Waals surface area (Å²) in [4.78, 5) is -0.355. The third-order valence-electron chi connectivity index (χ3n) is 3.08. The summed E-state index contributed by atoms with van der Waals surface area (Å²) >= 11 is 0. The number of nitriles is 1. The van der Waals surface area contributed by atoms with Crippen LogP contribution in [0.4, 0.5) is 4.39 Å². The molecule has 0 fully saturated rings. The van der Waals surface area contributed by atoms with Crippen LogP contribution in [-0.4, -0.2) is 27.2 Å². The van der Waals surface area contributed by atoms with E-state index in [1.165, 1.54) is 12.1 Å². The molecule has 0 saturated heterocycles. The van der Waals surface area contributed by atoms with Crippen molar-refractivity contribution >= 4 is 10.0 Å². The summed E-state index contributed by atoms with van der Waals surface area (Å²) in [6.07, 6.45) is 0.430. The van der Waals surface area contributed by atoms with Gasteiger partial charge in [0.05, 0.1) is 5.60 Å². The first-order valence-electron chi connectivity index (χ1n) is 6.39. The Morgan fingerprint density at radius 1 is 1.48 bits per heavy atom. The van der Waals surface area contributed by atoms with E-state index >= 15 is 0 Å². The van der Waals surface area contributed by atoms with Gasteiger partial charge in [0, 0.05) is 13.2 Å². The van der Waals surface area contributed by atoms with E-state index in [0.29, 0.717) is 6.42 Å². The molecular weight excluding hydrogens is 295 g/mol. The molecule has 0 aliphatic carbocycles. The minimum atomic E-state index is -3.97. The lowest BCUT2D eigenvalue weighted by Crippen LogP contribution is -2.39. The summed E-state index contributed by atoms with van der Waals surface area (Å²) in [5.74, 6) is -0.856. The number of benzene rings is 1. The first-order chi connectivity index (χ1) is 9.63. The van der Waals surface area contributed by atoms with Gasteiger partial charge in [0.15, 0.2) is 0 Å². The predicted octanol–water partition coefficient (Wildman–Crippen LogP) is 2.18. The molecule has 0 heterocycles. The highest BCUT2D eigenvalue weighted by Gasteiger charge is 2.26. The number of hydrogen-bond acceptors (Lipinski definition) is 4. The predicted molar refractivity (Wildman–Crippen MR) is 76.6 cm³/mol. The molecule has 21 heavy (non-hydrogen) atoms. The molecular formula is C14H19FN2O3S. The highest BCUT2D eigenvalue weighted by molar-refractivity contribution is 7.89. The lowest BCUT2D eigenvalue weighted by Gasteiger charge is -2.27. The van der Waals surface area contributed by atoms with Crippen LogP contribution in [-0.2, 0) is 14.8 Å². The normalized spacial score (nSPS) is 13.7. The Labute approximate surface area is 124 Å². The van der Waals surface area contributed by atoms with Gasteiger partial charge in [-0.25, -0.2) is 17.5 Å². The van der Waals surface area contributed by atoms with Crippen LogP contribution in [0.2, 0.25) is 0 Å². The molecule has 0 saturated carbocycles. The molecule has 1 N–H and O–H groups in total. The monoisotopic (exact) mass is 314 g/mol. The molecule has 116 valence electrons. The Morgan fingerprint density at radius 2 is 2.10 bits per heavy atom. The fourth-order valence-electron chi connectivity index (χ4n) is 2.03. The lowest BCUT2D eigenvalue weighted by molar-refractivity contribution is 0.0103. The van der Waals surface area contributed by atoms with E-state index in [1.807, 2.05) is 13.8 Å². The fourth-order valence-corrected chi connectivity index (χ4v) is 3.44. The van der Waals surface area contributed by atoms with Crippen molar-refractivity contribution in [1.29, 1.82) is 5.26 Å². The quantitative estimate of drug-likeness (QED) is 0.873. The van der Waals surface area contributed by atoms with Gasteiger partial charge in [-0.3, -0.25) is 0 Å². The highest BCUT2D eigenvalue weighted by atomic mass is 32.2. The van der Waals surface area contributed by atoms with Crippen molar-refractivity contribution in [3.05, 3.63) is 29.6 Å². The maximum Gasteiger partial charge on any atom is 0.242 e. The summed E-state index contributed by atoms with van der Waals surface area (Å²) in [5, 5.41) is 8.92. The van der Waals surface area contributed by atoms with Crippen molar-refractivity contribution in [1.82, 2.24) is 4.72 Å². The number of halogens is 1. The number of methoxy groups -OCH3 is 1. The van der Waals surface area contributed by atoms with Crippen LogP contribution in [0.1, 0.15) is 32.8 Å². The van der Waals surface area contributed by atoms with Crippen molar-refractivity contribution in [2.75, 3.05) is 7.11 Å². The van der Waals surface area contributed by atoms with Crippen LogP contribution >= 0.6 is 0 Å². The Bertz CT molecular complexity index is 651. The molecule has 0 spiro atoms. The summed E-state index contributed by atoms with van der Waals surface area (Å²) in [6, 6.07) is 4.67. The second-order valence-electron chi connectivity index (χ2n) is 5.42. The number of hydrogen-bond donors (Lipinski definition) is 1. The summed E-state index contributed by atoms with van der Waals surface area (Å²) in [5.41, 5.74) is -0.981. The number of nitrogens with zero attached hydrogens (tertiary/aromatic N) is 1. The Hall–Kier alpha value is -1.49. The van der Waals surface area contributed by atoms with Crippen molar-refractivity contribution < 1.29 is 17.5 Å². The first-order valence-corrected chi connectivity index (χ1v) is 7.87. The summed E-state index contributed by atoms with van der Waals surface area (Å²) in [6.45, 7) is 5.35. The maximum atomic E-state index is 13.5. The Balaban J connectivity index is 3.04. The van der Waals surface area contributed by atoms with Crippen molar-refractivity contribution in [3.63, 3.8) is 0 Å². The van der Waals surface area contributed by atoms with Crippen molar-refractivity contribution in [3.8, 4) is 6.07 Å². The van der Waals surface area contributed by atoms with Gasteiger partial charge in [0.1, 0.15) is 22.3 Å². The van der Waals surface area contributed by atoms with Gasteiger partial charge in [-0.1, -0.05) is 6.07 Å². The topological polar surface area (TPSA) is 79.2 Å². The average Bonchev–Trinajstić information content (AvgIpc) is 2.37. The number of rotatable bonds is 6. The molecule has 0 aromatic heterocycles. The zero-order valence-electron chi connectivity index (χ0n) is 12.5. The second-order valence-corrected chi connectivity index (χ2v) is 7.10. The van der Waals surface area contributed by atoms with E-state index < -0.39 is 33.0 Å². The van der Waals surface area contributed by atoms with E-state index in [4.69, 9.17) is 10.00 Å². The van der Waals surface area contributed by atoms with E-state index in [2.05, 4.69) is 4.72 Å². The van der Waals surface area contributed by atoms with Crippen molar-refractivity contribution in [2.24, 2.45) is 0 Å². The number of nitrogens with one attached hydrogen (secondary N) is 1. The van der Waals surface area contributed by atoms with Gasteiger partial charge in [0.25, 0.3) is 0 Å². The van der Waals surface area contributed by atoms with E-state index in [0.717, 1.165) is 6.07 Å². The zero-order chi connectivity index (χ0) is 16.3. The third-order valence-corrected chi connectivity index (χ3v) is 4.72. The third kappa shape index (κ3) is 4.49. The Kier molecular flexibility index (Phi) is 5.45. The van der Waals surface area contributed by atoms with E-state index in [-0.39, 0.29) is 4.90 Å². The zero-order valence-corrected chi connectivity index (χ0v) is 13.3. The SMILES string of the molecule is COC(C)(C)C[C@@H](C)NS(=O)(=O)c1cccc(F)c1C#N. The van der Waals surface area contributed by atoms with Gasteiger partial charge in [-0.2, -0.15) is 5.26 Å². The van der Waals surface area contributed by atoms with E-state index in [1.54, 1.807) is 20.1 Å². The minimum absolute atomic E-state index is 0.355. The van der Waals surface area contributed by atoms with Gasteiger partial charge in [0.2, 0.25) is 10.0 Å². The van der Waals surface area contributed by atoms with Crippen LogP contribution in [0, 0.1) is 17.1 Å². The molecule has 0 bridgehead atoms. The van der Waals surface area contributed by atoms with Gasteiger partial charge >= 0.3 is 0 Å². The molecule has 1 aromatic rings. The second kappa shape index (κ2) is 6.52. The molecule has 0 amide bonds. The standard InChI is InChI=1S/C14H19FN2O3S/c1-10(8-14(2,3)20-4)17-21(18,19)13-7-5-6-12(15)11(13)9-16/h5-7,10,17H,8H2,1-4H3/t10-/m1/s1. The average molecular weight is 314 g/mol. The summed E-state index contributed by atoms with van der Waals surface area (Å²) in [7, 11) is -2.43. The molecule has 1 atom stereocenters. The first kappa shape index (κ1) is 17.6. The fraction of sp³-hybridized carbons (Fsp3) is 0.500. The largest absolute Gasteiger partial charge is 0.379 e. The molecule has 1 aromatic carbocycles. The number of sulfonamides is 1. The van der Waals surface area contributed by atoms with Crippen LogP contribution in [0.25, 0.3) is 0 Å². The van der Waals surface area contributed by atoms with E-state index in [9.17, 15) is 12.8 Å². The molecule has 0 aliphatic rings. The molecule has 0 aliphatic heterocycles. The van der Waals surface area contributed by atoms with Gasteiger partial charge < -0.3 is 4.74 Å². The molecule has 1 rings (SSSR count). The van der Waals surface area contributed by atoms with Crippen molar-refractivity contribution in [2.45, 2.75) is 43.7 Å². The molecule has 0 unspecified atom stereocenters. The van der Waals surface area contributed by atoms with Gasteiger partial charge in [-0.15, -0.1) is 0 Å². The van der Waals surface area contributed by atoms with Crippen LogP contribution in [0.5, 0.6) is 0 Å². The van der Waals surface area contributed by atoms with Crippen LogP contribution in [0.15, 0.2) is 23.1 Å². The molecule has 7 heteroatoms. The van der Waals surface area contributed by atoms with Crippen LogP contribution in [0.3, 0.4) is 0 Å². The summed E-state index contributed by atoms with van der Waals surface area (Å²) < 4.78 is 45.8. The minimum Gasteiger partial charge on any atom is -0.379 e.